The van der Waals surface area contributed by atoms with E-state index in [1.165, 1.54) is 22.5 Å². The standard InChI is InChI=1S/C18H15Cl2N3O2S/c19-16-7-17(20)9-18(8-16)26(24,25)23(12-14-3-1-5-21-10-14)13-15-4-2-6-22-11-15/h1-11H,12-13H2. The van der Waals surface area contributed by atoms with Crippen molar-refractivity contribution in [1.82, 2.24) is 14.3 Å². The van der Waals surface area contributed by atoms with Gasteiger partial charge in [0.15, 0.2) is 0 Å². The van der Waals surface area contributed by atoms with Crippen LogP contribution in [-0.2, 0) is 23.1 Å². The lowest BCUT2D eigenvalue weighted by atomic mass is 10.2. The summed E-state index contributed by atoms with van der Waals surface area (Å²) in [6, 6.07) is 11.5. The summed E-state index contributed by atoms with van der Waals surface area (Å²) in [5, 5.41) is 0.526. The quantitative estimate of drug-likeness (QED) is 0.614. The fourth-order valence-electron chi connectivity index (χ4n) is 2.44. The average Bonchev–Trinajstić information content (AvgIpc) is 2.62. The molecule has 0 unspecified atom stereocenters. The van der Waals surface area contributed by atoms with Gasteiger partial charge in [0.25, 0.3) is 0 Å². The summed E-state index contributed by atoms with van der Waals surface area (Å²) in [6.45, 7) is 0.324. The van der Waals surface area contributed by atoms with Crippen LogP contribution in [0.5, 0.6) is 0 Å². The molecule has 0 saturated carbocycles. The van der Waals surface area contributed by atoms with Crippen LogP contribution in [0.15, 0.2) is 72.1 Å². The normalized spacial score (nSPS) is 11.7. The topological polar surface area (TPSA) is 63.2 Å². The minimum Gasteiger partial charge on any atom is -0.264 e. The first-order chi connectivity index (χ1) is 12.4. The molecule has 0 spiro atoms. The van der Waals surface area contributed by atoms with E-state index in [-0.39, 0.29) is 28.0 Å². The summed E-state index contributed by atoms with van der Waals surface area (Å²) < 4.78 is 27.8. The highest BCUT2D eigenvalue weighted by molar-refractivity contribution is 7.89. The van der Waals surface area contributed by atoms with Crippen molar-refractivity contribution in [3.8, 4) is 0 Å². The Morgan fingerprint density at radius 2 is 1.35 bits per heavy atom. The van der Waals surface area contributed by atoms with Crippen LogP contribution in [0.2, 0.25) is 10.0 Å². The minimum absolute atomic E-state index is 0.0442. The predicted octanol–water partition coefficient (Wildman–Crippen LogP) is 4.17. The first-order valence-corrected chi connectivity index (χ1v) is 9.89. The zero-order valence-electron chi connectivity index (χ0n) is 13.6. The number of aromatic nitrogens is 2. The Balaban J connectivity index is 2.00. The van der Waals surface area contributed by atoms with Crippen LogP contribution in [0, 0.1) is 0 Å². The van der Waals surface area contributed by atoms with E-state index in [4.69, 9.17) is 23.2 Å². The molecule has 0 aliphatic rings. The molecule has 0 aliphatic heterocycles. The van der Waals surface area contributed by atoms with Gasteiger partial charge >= 0.3 is 0 Å². The molecule has 0 bridgehead atoms. The highest BCUT2D eigenvalue weighted by Gasteiger charge is 2.26. The monoisotopic (exact) mass is 407 g/mol. The molecule has 0 saturated heterocycles. The van der Waals surface area contributed by atoms with Crippen molar-refractivity contribution >= 4 is 33.2 Å². The van der Waals surface area contributed by atoms with Crippen molar-refractivity contribution in [1.29, 1.82) is 0 Å². The Morgan fingerprint density at radius 3 is 1.77 bits per heavy atom. The lowest BCUT2D eigenvalue weighted by Gasteiger charge is -2.22. The van der Waals surface area contributed by atoms with Crippen LogP contribution in [0.4, 0.5) is 0 Å². The Hall–Kier alpha value is -1.99. The number of hydrogen-bond acceptors (Lipinski definition) is 4. The number of benzene rings is 1. The van der Waals surface area contributed by atoms with Crippen molar-refractivity contribution in [2.75, 3.05) is 0 Å². The van der Waals surface area contributed by atoms with E-state index in [0.29, 0.717) is 0 Å². The molecular formula is C18H15Cl2N3O2S. The van der Waals surface area contributed by atoms with E-state index >= 15 is 0 Å². The predicted molar refractivity (Wildman–Crippen MR) is 101 cm³/mol. The molecule has 1 aromatic carbocycles. The lowest BCUT2D eigenvalue weighted by molar-refractivity contribution is 0.400. The SMILES string of the molecule is O=S(=O)(c1cc(Cl)cc(Cl)c1)N(Cc1cccnc1)Cc1cccnc1. The lowest BCUT2D eigenvalue weighted by Crippen LogP contribution is -2.30. The maximum atomic E-state index is 13.2. The van der Waals surface area contributed by atoms with Gasteiger partial charge in [-0.15, -0.1) is 0 Å². The summed E-state index contributed by atoms with van der Waals surface area (Å²) in [4.78, 5) is 8.15. The molecule has 0 aliphatic carbocycles. The number of pyridine rings is 2. The Morgan fingerprint density at radius 1 is 0.846 bits per heavy atom. The Bertz CT molecular complexity index is 922. The van der Waals surface area contributed by atoms with Crippen molar-refractivity contribution in [3.05, 3.63) is 88.4 Å². The number of hydrogen-bond donors (Lipinski definition) is 0. The van der Waals surface area contributed by atoms with E-state index in [1.807, 2.05) is 12.1 Å². The zero-order valence-corrected chi connectivity index (χ0v) is 15.9. The van der Waals surface area contributed by atoms with Gasteiger partial charge in [-0.2, -0.15) is 4.31 Å². The molecule has 0 fully saturated rings. The largest absolute Gasteiger partial charge is 0.264 e. The Kier molecular flexibility index (Phi) is 5.88. The second kappa shape index (κ2) is 8.14. The third-order valence-electron chi connectivity index (χ3n) is 3.64. The van der Waals surface area contributed by atoms with Crippen LogP contribution >= 0.6 is 23.2 Å². The summed E-state index contributed by atoms with van der Waals surface area (Å²) in [5.41, 5.74) is 1.54. The van der Waals surface area contributed by atoms with Crippen LogP contribution < -0.4 is 0 Å². The first kappa shape index (κ1) is 18.8. The van der Waals surface area contributed by atoms with Crippen molar-refractivity contribution < 1.29 is 8.42 Å². The van der Waals surface area contributed by atoms with Gasteiger partial charge in [0, 0.05) is 47.9 Å². The van der Waals surface area contributed by atoms with E-state index < -0.39 is 10.0 Å². The fourth-order valence-corrected chi connectivity index (χ4v) is 4.59. The molecule has 8 heteroatoms. The highest BCUT2D eigenvalue weighted by atomic mass is 35.5. The molecule has 2 aromatic heterocycles. The van der Waals surface area contributed by atoms with Gasteiger partial charge in [-0.1, -0.05) is 35.3 Å². The summed E-state index contributed by atoms with van der Waals surface area (Å²) in [7, 11) is -3.83. The molecule has 0 amide bonds. The average molecular weight is 408 g/mol. The van der Waals surface area contributed by atoms with E-state index in [9.17, 15) is 8.42 Å². The van der Waals surface area contributed by atoms with Crippen molar-refractivity contribution in [2.45, 2.75) is 18.0 Å². The smallest absolute Gasteiger partial charge is 0.243 e. The van der Waals surface area contributed by atoms with Gasteiger partial charge in [-0.25, -0.2) is 8.42 Å². The van der Waals surface area contributed by atoms with E-state index in [0.717, 1.165) is 11.1 Å². The van der Waals surface area contributed by atoms with Crippen molar-refractivity contribution in [2.24, 2.45) is 0 Å². The zero-order chi connectivity index (χ0) is 18.6. The maximum Gasteiger partial charge on any atom is 0.243 e. The van der Waals surface area contributed by atoms with Crippen LogP contribution in [0.1, 0.15) is 11.1 Å². The maximum absolute atomic E-state index is 13.2. The molecule has 0 radical (unpaired) electrons. The van der Waals surface area contributed by atoms with Gasteiger partial charge in [-0.05, 0) is 41.5 Å². The number of rotatable bonds is 6. The van der Waals surface area contributed by atoms with Gasteiger partial charge < -0.3 is 0 Å². The second-order valence-corrected chi connectivity index (χ2v) is 8.41. The van der Waals surface area contributed by atoms with Gasteiger partial charge in [0.2, 0.25) is 10.0 Å². The molecule has 26 heavy (non-hydrogen) atoms. The van der Waals surface area contributed by atoms with Gasteiger partial charge in [0.05, 0.1) is 4.90 Å². The fraction of sp³-hybridized carbons (Fsp3) is 0.111. The third kappa shape index (κ3) is 4.59. The highest BCUT2D eigenvalue weighted by Crippen LogP contribution is 2.26. The molecule has 0 atom stereocenters. The number of nitrogens with zero attached hydrogens (tertiary/aromatic N) is 3. The molecule has 3 rings (SSSR count). The summed E-state index contributed by atoms with van der Waals surface area (Å²) >= 11 is 12.0. The number of halogens is 2. The van der Waals surface area contributed by atoms with E-state index in [1.54, 1.807) is 36.9 Å². The summed E-state index contributed by atoms with van der Waals surface area (Å²) in [5.74, 6) is 0. The second-order valence-electron chi connectivity index (χ2n) is 5.60. The minimum atomic E-state index is -3.83. The molecule has 5 nitrogen and oxygen atoms in total. The Labute approximate surface area is 162 Å². The van der Waals surface area contributed by atoms with Gasteiger partial charge in [0.1, 0.15) is 0 Å². The molecule has 2 heterocycles. The molecule has 3 aromatic rings. The molecule has 0 N–H and O–H groups in total. The third-order valence-corrected chi connectivity index (χ3v) is 5.84. The number of sulfonamides is 1. The first-order valence-electron chi connectivity index (χ1n) is 7.69. The van der Waals surface area contributed by atoms with Crippen molar-refractivity contribution in [3.63, 3.8) is 0 Å². The summed E-state index contributed by atoms with van der Waals surface area (Å²) in [6.07, 6.45) is 6.55. The molecule has 134 valence electrons. The molecular weight excluding hydrogens is 393 g/mol. The van der Waals surface area contributed by atoms with Crippen LogP contribution in [0.25, 0.3) is 0 Å². The van der Waals surface area contributed by atoms with Gasteiger partial charge in [-0.3, -0.25) is 9.97 Å². The van der Waals surface area contributed by atoms with Crippen LogP contribution in [-0.4, -0.2) is 22.7 Å². The van der Waals surface area contributed by atoms with Crippen LogP contribution in [0.3, 0.4) is 0 Å². The van der Waals surface area contributed by atoms with E-state index in [2.05, 4.69) is 9.97 Å².